The highest BCUT2D eigenvalue weighted by atomic mass is 127. The summed E-state index contributed by atoms with van der Waals surface area (Å²) in [5.41, 5.74) is 0.879. The van der Waals surface area contributed by atoms with Crippen LogP contribution in [0, 0.1) is 9.39 Å². The van der Waals surface area contributed by atoms with Gasteiger partial charge in [0.25, 0.3) is 0 Å². The van der Waals surface area contributed by atoms with Gasteiger partial charge < -0.3 is 9.73 Å². The minimum atomic E-state index is -0.239. The lowest BCUT2D eigenvalue weighted by Crippen LogP contribution is -2.08. The van der Waals surface area contributed by atoms with E-state index < -0.39 is 0 Å². The van der Waals surface area contributed by atoms with Crippen molar-refractivity contribution < 1.29 is 8.81 Å². The summed E-state index contributed by atoms with van der Waals surface area (Å²) in [4.78, 5) is 4.24. The highest BCUT2D eigenvalue weighted by Gasteiger charge is 2.10. The molecule has 0 spiro atoms. The number of rotatable bonds is 5. The van der Waals surface area contributed by atoms with Gasteiger partial charge in [-0.2, -0.15) is 0 Å². The Bertz CT molecular complexity index is 527. The molecule has 0 aliphatic carbocycles. The van der Waals surface area contributed by atoms with Crippen LogP contribution in [-0.4, -0.2) is 18.6 Å². The van der Waals surface area contributed by atoms with E-state index in [1.165, 1.54) is 12.1 Å². The van der Waals surface area contributed by atoms with Crippen LogP contribution in [0.1, 0.15) is 12.3 Å². The van der Waals surface area contributed by atoms with Crippen LogP contribution in [0.4, 0.5) is 4.39 Å². The number of oxazole rings is 1. The smallest absolute Gasteiger partial charge is 0.194 e. The van der Waals surface area contributed by atoms with E-state index in [-0.39, 0.29) is 5.82 Å². The summed E-state index contributed by atoms with van der Waals surface area (Å²) >= 11 is 2.10. The number of aryl methyl sites for hydroxylation is 1. The van der Waals surface area contributed by atoms with Gasteiger partial charge in [0.15, 0.2) is 11.7 Å². The molecule has 0 saturated carbocycles. The molecule has 0 aliphatic heterocycles. The van der Waals surface area contributed by atoms with Gasteiger partial charge in [-0.25, -0.2) is 9.37 Å². The molecule has 0 radical (unpaired) electrons. The quantitative estimate of drug-likeness (QED) is 0.657. The Hall–Kier alpha value is -0.950. The van der Waals surface area contributed by atoms with Crippen molar-refractivity contribution in [3.8, 4) is 11.3 Å². The molecule has 1 heterocycles. The Morgan fingerprint density at radius 1 is 1.44 bits per heavy atom. The molecule has 0 bridgehead atoms. The first-order chi connectivity index (χ1) is 8.70. The molecule has 0 atom stereocenters. The van der Waals surface area contributed by atoms with E-state index in [2.05, 4.69) is 32.9 Å². The Kier molecular flexibility index (Phi) is 4.71. The number of nitrogens with zero attached hydrogens (tertiary/aromatic N) is 1. The van der Waals surface area contributed by atoms with Crippen molar-refractivity contribution in [3.05, 3.63) is 39.7 Å². The van der Waals surface area contributed by atoms with Crippen LogP contribution < -0.4 is 5.32 Å². The number of hydrogen-bond donors (Lipinski definition) is 1. The SMILES string of the molecule is CNCCCc1ncc(-c2ccc(F)cc2I)o1. The van der Waals surface area contributed by atoms with Crippen LogP contribution in [0.3, 0.4) is 0 Å². The van der Waals surface area contributed by atoms with E-state index in [1.807, 2.05) is 7.05 Å². The van der Waals surface area contributed by atoms with Crippen molar-refractivity contribution in [3.63, 3.8) is 0 Å². The summed E-state index contributed by atoms with van der Waals surface area (Å²) in [6.07, 6.45) is 3.49. The van der Waals surface area contributed by atoms with Gasteiger partial charge in [0.2, 0.25) is 0 Å². The molecule has 0 aliphatic rings. The van der Waals surface area contributed by atoms with E-state index in [0.29, 0.717) is 5.76 Å². The van der Waals surface area contributed by atoms with E-state index in [1.54, 1.807) is 12.3 Å². The normalized spacial score (nSPS) is 10.8. The van der Waals surface area contributed by atoms with E-state index in [4.69, 9.17) is 4.42 Å². The molecule has 96 valence electrons. The second-order valence-electron chi connectivity index (χ2n) is 3.95. The zero-order valence-electron chi connectivity index (χ0n) is 10.0. The Labute approximate surface area is 119 Å². The lowest BCUT2D eigenvalue weighted by atomic mass is 10.2. The highest BCUT2D eigenvalue weighted by Crippen LogP contribution is 2.26. The first kappa shape index (κ1) is 13.5. The minimum absolute atomic E-state index is 0.239. The van der Waals surface area contributed by atoms with Crippen LogP contribution in [0.2, 0.25) is 0 Å². The number of hydrogen-bond acceptors (Lipinski definition) is 3. The maximum Gasteiger partial charge on any atom is 0.194 e. The van der Waals surface area contributed by atoms with Crippen LogP contribution in [0.25, 0.3) is 11.3 Å². The molecule has 18 heavy (non-hydrogen) atoms. The summed E-state index contributed by atoms with van der Waals surface area (Å²) in [7, 11) is 1.92. The Morgan fingerprint density at radius 3 is 3.00 bits per heavy atom. The first-order valence-corrected chi connectivity index (χ1v) is 6.83. The molecule has 0 amide bonds. The molecule has 0 saturated heterocycles. The van der Waals surface area contributed by atoms with Gasteiger partial charge in [0, 0.05) is 15.6 Å². The highest BCUT2D eigenvalue weighted by molar-refractivity contribution is 14.1. The van der Waals surface area contributed by atoms with Crippen LogP contribution >= 0.6 is 22.6 Å². The molecule has 3 nitrogen and oxygen atoms in total. The minimum Gasteiger partial charge on any atom is -0.441 e. The monoisotopic (exact) mass is 360 g/mol. The van der Waals surface area contributed by atoms with Gasteiger partial charge in [-0.05, 0) is 60.8 Å². The molecular formula is C13H14FIN2O. The molecule has 1 N–H and O–H groups in total. The van der Waals surface area contributed by atoms with Gasteiger partial charge in [-0.15, -0.1) is 0 Å². The Morgan fingerprint density at radius 2 is 2.28 bits per heavy atom. The average Bonchev–Trinajstić information content (AvgIpc) is 2.78. The summed E-state index contributed by atoms with van der Waals surface area (Å²) in [5, 5.41) is 3.08. The predicted molar refractivity (Wildman–Crippen MR) is 76.9 cm³/mol. The van der Waals surface area contributed by atoms with Crippen LogP contribution in [0.15, 0.2) is 28.8 Å². The summed E-state index contributed by atoms with van der Waals surface area (Å²) in [6.45, 7) is 0.936. The second-order valence-corrected chi connectivity index (χ2v) is 5.11. The van der Waals surface area contributed by atoms with Crippen molar-refractivity contribution in [2.24, 2.45) is 0 Å². The standard InChI is InChI=1S/C13H14FIN2O/c1-16-6-2-3-13-17-8-12(18-13)10-5-4-9(14)7-11(10)15/h4-5,7-8,16H,2-3,6H2,1H3. The zero-order chi connectivity index (χ0) is 13.0. The molecule has 2 rings (SSSR count). The number of halogens is 2. The fourth-order valence-electron chi connectivity index (χ4n) is 1.66. The number of benzene rings is 1. The maximum absolute atomic E-state index is 13.0. The van der Waals surface area contributed by atoms with Crippen molar-refractivity contribution in [1.82, 2.24) is 10.3 Å². The molecule has 0 unspecified atom stereocenters. The number of aromatic nitrogens is 1. The third kappa shape index (κ3) is 3.29. The van der Waals surface area contributed by atoms with E-state index in [9.17, 15) is 4.39 Å². The third-order valence-electron chi connectivity index (χ3n) is 2.57. The van der Waals surface area contributed by atoms with Crippen molar-refractivity contribution >= 4 is 22.6 Å². The fourth-order valence-corrected chi connectivity index (χ4v) is 2.40. The summed E-state index contributed by atoms with van der Waals surface area (Å²) < 4.78 is 19.5. The van der Waals surface area contributed by atoms with Crippen LogP contribution in [0.5, 0.6) is 0 Å². The van der Waals surface area contributed by atoms with E-state index >= 15 is 0 Å². The first-order valence-electron chi connectivity index (χ1n) is 5.75. The fraction of sp³-hybridized carbons (Fsp3) is 0.308. The maximum atomic E-state index is 13.0. The van der Waals surface area contributed by atoms with Gasteiger partial charge in [0.1, 0.15) is 5.82 Å². The van der Waals surface area contributed by atoms with Gasteiger partial charge in [0.05, 0.1) is 6.20 Å². The van der Waals surface area contributed by atoms with E-state index in [0.717, 1.165) is 34.4 Å². The summed E-state index contributed by atoms with van der Waals surface area (Å²) in [5.74, 6) is 1.18. The average molecular weight is 360 g/mol. The lowest BCUT2D eigenvalue weighted by molar-refractivity contribution is 0.495. The van der Waals surface area contributed by atoms with Gasteiger partial charge in [-0.3, -0.25) is 0 Å². The number of nitrogens with one attached hydrogen (secondary N) is 1. The molecule has 1 aromatic heterocycles. The largest absolute Gasteiger partial charge is 0.441 e. The molecular weight excluding hydrogens is 346 g/mol. The van der Waals surface area contributed by atoms with Gasteiger partial charge >= 0.3 is 0 Å². The molecule has 2 aromatic rings. The van der Waals surface area contributed by atoms with Crippen LogP contribution in [-0.2, 0) is 6.42 Å². The molecule has 5 heteroatoms. The molecule has 1 aromatic carbocycles. The second kappa shape index (κ2) is 6.29. The predicted octanol–water partition coefficient (Wildman–Crippen LogP) is 3.24. The van der Waals surface area contributed by atoms with Gasteiger partial charge in [-0.1, -0.05) is 0 Å². The zero-order valence-corrected chi connectivity index (χ0v) is 12.2. The Balaban J connectivity index is 2.13. The van der Waals surface area contributed by atoms with Crippen molar-refractivity contribution in [2.45, 2.75) is 12.8 Å². The van der Waals surface area contributed by atoms with Crippen molar-refractivity contribution in [2.75, 3.05) is 13.6 Å². The lowest BCUT2D eigenvalue weighted by Gasteiger charge is -2.00. The van der Waals surface area contributed by atoms with Crippen molar-refractivity contribution in [1.29, 1.82) is 0 Å². The molecule has 0 fully saturated rings. The summed E-state index contributed by atoms with van der Waals surface area (Å²) in [6, 6.07) is 4.63. The topological polar surface area (TPSA) is 38.1 Å². The third-order valence-corrected chi connectivity index (χ3v) is 3.46.